The van der Waals surface area contributed by atoms with Crippen LogP contribution < -0.4 is 0 Å². The van der Waals surface area contributed by atoms with Crippen molar-refractivity contribution in [2.24, 2.45) is 13.0 Å². The molecule has 1 aromatic carbocycles. The number of ketones is 1. The van der Waals surface area contributed by atoms with E-state index in [9.17, 15) is 13.6 Å². The van der Waals surface area contributed by atoms with Gasteiger partial charge in [-0.15, -0.1) is 0 Å². The van der Waals surface area contributed by atoms with Crippen LogP contribution in [0.3, 0.4) is 0 Å². The average molecular weight is 514 g/mol. The fraction of sp³-hybridized carbons (Fsp3) is 0.519. The van der Waals surface area contributed by atoms with Gasteiger partial charge >= 0.3 is 0 Å². The van der Waals surface area contributed by atoms with Crippen molar-refractivity contribution >= 4 is 5.78 Å². The summed E-state index contributed by atoms with van der Waals surface area (Å²) in [6, 6.07) is 4.09. The van der Waals surface area contributed by atoms with Gasteiger partial charge in [-0.2, -0.15) is 15.3 Å². The number of Topliss-reactive ketones (excluding diaryl/α,β-unsaturated/α-hetero) is 1. The van der Waals surface area contributed by atoms with Crippen LogP contribution in [0.5, 0.6) is 0 Å². The van der Waals surface area contributed by atoms with Crippen LogP contribution in [-0.2, 0) is 27.8 Å². The maximum absolute atomic E-state index is 14.0. The molecule has 3 heterocycles. The van der Waals surface area contributed by atoms with Gasteiger partial charge in [-0.25, -0.2) is 8.78 Å². The number of carbonyl (C=O) groups excluding carboxylic acids is 1. The molecule has 2 fully saturated rings. The maximum Gasteiger partial charge on any atom is 0.159 e. The van der Waals surface area contributed by atoms with Crippen molar-refractivity contribution in [1.82, 2.24) is 24.6 Å². The van der Waals surface area contributed by atoms with Crippen LogP contribution in [0.2, 0.25) is 0 Å². The Kier molecular flexibility index (Phi) is 7.50. The van der Waals surface area contributed by atoms with Gasteiger partial charge in [-0.1, -0.05) is 6.07 Å². The van der Waals surface area contributed by atoms with Crippen molar-refractivity contribution in [1.29, 1.82) is 0 Å². The third kappa shape index (κ3) is 5.37. The number of benzene rings is 1. The molecule has 0 radical (unpaired) electrons. The van der Waals surface area contributed by atoms with Crippen LogP contribution in [-0.4, -0.2) is 57.2 Å². The van der Waals surface area contributed by atoms with Crippen LogP contribution in [0.4, 0.5) is 8.78 Å². The van der Waals surface area contributed by atoms with E-state index in [-0.39, 0.29) is 24.5 Å². The zero-order chi connectivity index (χ0) is 26.1. The van der Waals surface area contributed by atoms with E-state index in [1.54, 1.807) is 23.1 Å². The molecule has 0 unspecified atom stereocenters. The number of ether oxygens (including phenoxy) is 1. The number of aryl methyl sites for hydroxylation is 1. The first-order valence-electron chi connectivity index (χ1n) is 12.8. The summed E-state index contributed by atoms with van der Waals surface area (Å²) >= 11 is 0. The monoisotopic (exact) mass is 513 g/mol. The van der Waals surface area contributed by atoms with Crippen LogP contribution in [0.15, 0.2) is 30.6 Å². The molecule has 5 rings (SSSR count). The standard InChI is InChI=1S/C27H33F2N5O3/c1-17-25(34(21-5-4-6-21)31-26(17)20-14-30-32(2)15-20)13-22(35)11-19-16-33(9-10-36-3)37-27(19)18-7-8-23(28)24(29)12-18/h7-8,12,14-15,19,21,27H,4-6,9-11,13,16H2,1-3H3/t19-,27+/m1/s1. The summed E-state index contributed by atoms with van der Waals surface area (Å²) in [5.41, 5.74) is 4.25. The number of hydrogen-bond acceptors (Lipinski definition) is 6. The minimum absolute atomic E-state index is 0.0658. The third-order valence-electron chi connectivity index (χ3n) is 7.47. The number of hydroxylamine groups is 2. The van der Waals surface area contributed by atoms with Crippen LogP contribution in [0.25, 0.3) is 11.3 Å². The predicted molar refractivity (Wildman–Crippen MR) is 133 cm³/mol. The molecule has 0 amide bonds. The molecule has 2 atom stereocenters. The molecule has 1 aliphatic heterocycles. The summed E-state index contributed by atoms with van der Waals surface area (Å²) in [4.78, 5) is 19.5. The Hall–Kier alpha value is -2.95. The van der Waals surface area contributed by atoms with Gasteiger partial charge in [0, 0.05) is 63.5 Å². The zero-order valence-corrected chi connectivity index (χ0v) is 21.5. The van der Waals surface area contributed by atoms with Gasteiger partial charge in [0.15, 0.2) is 11.6 Å². The second kappa shape index (κ2) is 10.8. The second-order valence-electron chi connectivity index (χ2n) is 10.1. The summed E-state index contributed by atoms with van der Waals surface area (Å²) in [6.07, 6.45) is 6.96. The van der Waals surface area contributed by atoms with Crippen molar-refractivity contribution in [3.8, 4) is 11.3 Å². The van der Waals surface area contributed by atoms with Crippen LogP contribution in [0.1, 0.15) is 54.6 Å². The summed E-state index contributed by atoms with van der Waals surface area (Å²) in [7, 11) is 3.48. The molecule has 198 valence electrons. The summed E-state index contributed by atoms with van der Waals surface area (Å²) in [5.74, 6) is -1.97. The van der Waals surface area contributed by atoms with Gasteiger partial charge in [-0.05, 0) is 49.4 Å². The maximum atomic E-state index is 14.0. The van der Waals surface area contributed by atoms with E-state index in [1.165, 1.54) is 6.07 Å². The zero-order valence-electron chi connectivity index (χ0n) is 21.5. The molecule has 1 aliphatic carbocycles. The highest BCUT2D eigenvalue weighted by Gasteiger charge is 2.37. The van der Waals surface area contributed by atoms with Crippen LogP contribution in [0, 0.1) is 24.5 Å². The minimum Gasteiger partial charge on any atom is -0.383 e. The first-order chi connectivity index (χ1) is 17.8. The van der Waals surface area contributed by atoms with E-state index >= 15 is 0 Å². The number of nitrogens with zero attached hydrogens (tertiary/aromatic N) is 5. The van der Waals surface area contributed by atoms with Gasteiger partial charge in [0.25, 0.3) is 0 Å². The molecule has 0 bridgehead atoms. The average Bonchev–Trinajstić information content (AvgIpc) is 3.52. The van der Waals surface area contributed by atoms with E-state index in [1.807, 2.05) is 24.9 Å². The number of hydrogen-bond donors (Lipinski definition) is 0. The highest BCUT2D eigenvalue weighted by molar-refractivity contribution is 5.82. The van der Waals surface area contributed by atoms with E-state index in [2.05, 4.69) is 5.10 Å². The highest BCUT2D eigenvalue weighted by Crippen LogP contribution is 2.38. The van der Waals surface area contributed by atoms with Gasteiger partial charge in [0.1, 0.15) is 11.9 Å². The smallest absolute Gasteiger partial charge is 0.159 e. The minimum atomic E-state index is -0.926. The quantitative estimate of drug-likeness (QED) is 0.401. The van der Waals surface area contributed by atoms with Gasteiger partial charge < -0.3 is 4.74 Å². The topological polar surface area (TPSA) is 74.4 Å². The molecule has 0 spiro atoms. The number of aromatic nitrogens is 4. The predicted octanol–water partition coefficient (Wildman–Crippen LogP) is 4.35. The van der Waals surface area contributed by atoms with E-state index in [0.29, 0.717) is 31.3 Å². The molecule has 1 saturated heterocycles. The molecule has 3 aromatic rings. The lowest BCUT2D eigenvalue weighted by Crippen LogP contribution is -2.25. The lowest BCUT2D eigenvalue weighted by atomic mass is 9.89. The molecule has 8 nitrogen and oxygen atoms in total. The number of halogens is 2. The fourth-order valence-electron chi connectivity index (χ4n) is 5.25. The Morgan fingerprint density at radius 2 is 2.05 bits per heavy atom. The first-order valence-corrected chi connectivity index (χ1v) is 12.8. The van der Waals surface area contributed by atoms with Gasteiger partial charge in [-0.3, -0.25) is 19.0 Å². The van der Waals surface area contributed by atoms with Crippen LogP contribution >= 0.6 is 0 Å². The largest absolute Gasteiger partial charge is 0.383 e. The first kappa shape index (κ1) is 25.7. The molecular weight excluding hydrogens is 480 g/mol. The lowest BCUT2D eigenvalue weighted by Gasteiger charge is -2.27. The van der Waals surface area contributed by atoms with Gasteiger partial charge in [0.05, 0.1) is 24.5 Å². The molecule has 37 heavy (non-hydrogen) atoms. The number of carbonyl (C=O) groups is 1. The molecule has 2 aromatic heterocycles. The third-order valence-corrected chi connectivity index (χ3v) is 7.47. The molecule has 10 heteroatoms. The summed E-state index contributed by atoms with van der Waals surface area (Å²) in [6.45, 7) is 3.49. The SMILES string of the molecule is COCCN1C[C@@H](CC(=O)Cc2c(C)c(-c3cnn(C)c3)nn2C2CCC2)[C@H](c2ccc(F)c(F)c2)O1. The van der Waals surface area contributed by atoms with Crippen molar-refractivity contribution in [3.63, 3.8) is 0 Å². The van der Waals surface area contributed by atoms with Crippen molar-refractivity contribution < 1.29 is 23.1 Å². The normalized spacial score (nSPS) is 20.5. The van der Waals surface area contributed by atoms with E-state index < -0.39 is 17.7 Å². The Morgan fingerprint density at radius 1 is 1.24 bits per heavy atom. The Bertz CT molecular complexity index is 1270. The van der Waals surface area contributed by atoms with E-state index in [4.69, 9.17) is 14.7 Å². The summed E-state index contributed by atoms with van der Waals surface area (Å²) < 4.78 is 36.5. The molecular formula is C27H33F2N5O3. The Labute approximate surface area is 215 Å². The Morgan fingerprint density at radius 3 is 2.70 bits per heavy atom. The van der Waals surface area contributed by atoms with E-state index in [0.717, 1.165) is 53.9 Å². The summed E-state index contributed by atoms with van der Waals surface area (Å²) in [5, 5.41) is 10.9. The van der Waals surface area contributed by atoms with Crippen molar-refractivity contribution in [2.45, 2.75) is 51.2 Å². The molecule has 1 saturated carbocycles. The van der Waals surface area contributed by atoms with Crippen molar-refractivity contribution in [2.75, 3.05) is 26.8 Å². The number of methoxy groups -OCH3 is 1. The molecule has 0 N–H and O–H groups in total. The number of rotatable bonds is 10. The van der Waals surface area contributed by atoms with Gasteiger partial charge in [0.2, 0.25) is 0 Å². The Balaban J connectivity index is 1.37. The lowest BCUT2D eigenvalue weighted by molar-refractivity contribution is -0.155. The molecule has 2 aliphatic rings. The second-order valence-corrected chi connectivity index (χ2v) is 10.1. The highest BCUT2D eigenvalue weighted by atomic mass is 19.2. The fourth-order valence-corrected chi connectivity index (χ4v) is 5.25. The van der Waals surface area contributed by atoms with Crippen molar-refractivity contribution in [3.05, 3.63) is 59.0 Å².